The van der Waals surface area contributed by atoms with Gasteiger partial charge < -0.3 is 20.8 Å². The van der Waals surface area contributed by atoms with E-state index in [1.54, 1.807) is 6.07 Å². The van der Waals surface area contributed by atoms with E-state index in [0.29, 0.717) is 12.3 Å². The molecule has 0 aliphatic carbocycles. The van der Waals surface area contributed by atoms with Gasteiger partial charge in [-0.1, -0.05) is 6.07 Å². The third-order valence-corrected chi connectivity index (χ3v) is 4.70. The highest BCUT2D eigenvalue weighted by atomic mass is 16.5. The number of ether oxygens (including phenoxy) is 1. The molecule has 2 heterocycles. The highest BCUT2D eigenvalue weighted by Gasteiger charge is 2.17. The molecule has 1 aliphatic heterocycles. The fraction of sp³-hybridized carbons (Fsp3) is 0.400. The van der Waals surface area contributed by atoms with Gasteiger partial charge in [0.15, 0.2) is 0 Å². The fourth-order valence-corrected chi connectivity index (χ4v) is 3.14. The Morgan fingerprint density at radius 2 is 1.96 bits per heavy atom. The van der Waals surface area contributed by atoms with Gasteiger partial charge in [0.2, 0.25) is 0 Å². The smallest absolute Gasteiger partial charge is 0.128 e. The van der Waals surface area contributed by atoms with Crippen LogP contribution >= 0.6 is 0 Å². The zero-order valence-electron chi connectivity index (χ0n) is 15.1. The Bertz CT molecular complexity index is 699. The van der Waals surface area contributed by atoms with Crippen LogP contribution in [0.1, 0.15) is 18.4 Å². The molecule has 6 heteroatoms. The Labute approximate surface area is 155 Å². The van der Waals surface area contributed by atoms with Gasteiger partial charge >= 0.3 is 0 Å². The molecule has 1 aromatic heterocycles. The van der Waals surface area contributed by atoms with E-state index in [9.17, 15) is 0 Å². The van der Waals surface area contributed by atoms with Crippen molar-refractivity contribution in [3.8, 4) is 5.75 Å². The van der Waals surface area contributed by atoms with E-state index < -0.39 is 0 Å². The number of nitrogens with one attached hydrogen (secondary N) is 1. The molecule has 0 saturated carbocycles. The number of anilines is 2. The van der Waals surface area contributed by atoms with E-state index in [1.165, 1.54) is 6.21 Å². The molecule has 0 atom stereocenters. The largest absolute Gasteiger partial charge is 0.494 e. The standard InChI is InChI=1S/C20H27N5O/c21-16-17-6-7-18(15-19(17)22)26-14-4-3-9-24-10-12-25(13-11-24)20-5-1-2-8-23-20/h1-2,5-8,15-16,21H,3-4,9-14,22H2. The molecular formula is C20H27N5O. The molecule has 3 N–H and O–H groups in total. The Balaban J connectivity index is 1.31. The van der Waals surface area contributed by atoms with Crippen LogP contribution in [-0.2, 0) is 0 Å². The molecule has 0 radical (unpaired) electrons. The first-order valence-corrected chi connectivity index (χ1v) is 9.17. The van der Waals surface area contributed by atoms with Crippen LogP contribution in [0.15, 0.2) is 42.6 Å². The normalized spacial score (nSPS) is 15.0. The predicted octanol–water partition coefficient (Wildman–Crippen LogP) is 2.64. The first-order valence-electron chi connectivity index (χ1n) is 9.17. The zero-order valence-corrected chi connectivity index (χ0v) is 15.1. The van der Waals surface area contributed by atoms with Crippen LogP contribution in [-0.4, -0.2) is 55.4 Å². The van der Waals surface area contributed by atoms with Crippen molar-refractivity contribution in [3.63, 3.8) is 0 Å². The summed E-state index contributed by atoms with van der Waals surface area (Å²) in [5, 5.41) is 7.25. The monoisotopic (exact) mass is 353 g/mol. The lowest BCUT2D eigenvalue weighted by Gasteiger charge is -2.35. The van der Waals surface area contributed by atoms with Gasteiger partial charge in [-0.3, -0.25) is 4.90 Å². The van der Waals surface area contributed by atoms with Gasteiger partial charge in [0.05, 0.1) is 6.61 Å². The number of pyridine rings is 1. The van der Waals surface area contributed by atoms with Crippen LogP contribution in [0.3, 0.4) is 0 Å². The third kappa shape index (κ3) is 4.95. The number of nitrogen functional groups attached to an aromatic ring is 1. The van der Waals surface area contributed by atoms with Gasteiger partial charge in [-0.2, -0.15) is 0 Å². The molecule has 0 bridgehead atoms. The van der Waals surface area contributed by atoms with Crippen LogP contribution in [0, 0.1) is 5.41 Å². The van der Waals surface area contributed by atoms with E-state index in [1.807, 2.05) is 30.5 Å². The van der Waals surface area contributed by atoms with E-state index >= 15 is 0 Å². The van der Waals surface area contributed by atoms with Gasteiger partial charge in [-0.15, -0.1) is 0 Å². The maximum Gasteiger partial charge on any atom is 0.128 e. The maximum absolute atomic E-state index is 7.25. The minimum absolute atomic E-state index is 0.586. The lowest BCUT2D eigenvalue weighted by molar-refractivity contribution is 0.238. The average molecular weight is 353 g/mol. The van der Waals surface area contributed by atoms with Crippen molar-refractivity contribution < 1.29 is 4.74 Å². The first-order chi connectivity index (χ1) is 12.8. The minimum Gasteiger partial charge on any atom is -0.494 e. The van der Waals surface area contributed by atoms with Gasteiger partial charge in [0, 0.05) is 55.9 Å². The van der Waals surface area contributed by atoms with E-state index in [2.05, 4.69) is 20.9 Å². The molecule has 3 rings (SSSR count). The summed E-state index contributed by atoms with van der Waals surface area (Å²) in [6.45, 7) is 6.03. The number of unbranched alkanes of at least 4 members (excludes halogenated alkanes) is 1. The highest BCUT2D eigenvalue weighted by molar-refractivity contribution is 5.85. The number of nitrogens with zero attached hydrogens (tertiary/aromatic N) is 3. The molecule has 2 aromatic rings. The van der Waals surface area contributed by atoms with Crippen LogP contribution in [0.4, 0.5) is 11.5 Å². The van der Waals surface area contributed by atoms with Gasteiger partial charge in [0.25, 0.3) is 0 Å². The molecular weight excluding hydrogens is 326 g/mol. The Kier molecular flexibility index (Phi) is 6.44. The first kappa shape index (κ1) is 18.2. The number of nitrogens with two attached hydrogens (primary N) is 1. The summed E-state index contributed by atoms with van der Waals surface area (Å²) >= 11 is 0. The molecule has 138 valence electrons. The van der Waals surface area contributed by atoms with Gasteiger partial charge in [0.1, 0.15) is 11.6 Å². The Morgan fingerprint density at radius 1 is 1.12 bits per heavy atom. The fourth-order valence-electron chi connectivity index (χ4n) is 3.14. The summed E-state index contributed by atoms with van der Waals surface area (Å²) in [6.07, 6.45) is 5.26. The van der Waals surface area contributed by atoms with Gasteiger partial charge in [-0.05, 0) is 43.7 Å². The van der Waals surface area contributed by atoms with Gasteiger partial charge in [-0.25, -0.2) is 4.98 Å². The number of hydrogen-bond donors (Lipinski definition) is 2. The van der Waals surface area contributed by atoms with Crippen molar-refractivity contribution in [2.24, 2.45) is 0 Å². The number of hydrogen-bond acceptors (Lipinski definition) is 6. The second kappa shape index (κ2) is 9.20. The third-order valence-electron chi connectivity index (χ3n) is 4.70. The van der Waals surface area contributed by atoms with Crippen LogP contribution in [0.25, 0.3) is 0 Å². The van der Waals surface area contributed by atoms with E-state index in [0.717, 1.165) is 62.7 Å². The SMILES string of the molecule is N=Cc1ccc(OCCCCN2CCN(c3ccccn3)CC2)cc1N. The lowest BCUT2D eigenvalue weighted by Crippen LogP contribution is -2.46. The Morgan fingerprint density at radius 3 is 2.65 bits per heavy atom. The number of piperazine rings is 1. The molecule has 1 saturated heterocycles. The number of benzene rings is 1. The van der Waals surface area contributed by atoms with Crippen LogP contribution in [0.2, 0.25) is 0 Å². The zero-order chi connectivity index (χ0) is 18.2. The minimum atomic E-state index is 0.586. The van der Waals surface area contributed by atoms with Crippen LogP contribution < -0.4 is 15.4 Å². The molecule has 0 amide bonds. The molecule has 0 spiro atoms. The quantitative estimate of drug-likeness (QED) is 0.433. The maximum atomic E-state index is 7.25. The number of aromatic nitrogens is 1. The lowest BCUT2D eigenvalue weighted by atomic mass is 10.2. The molecule has 0 unspecified atom stereocenters. The molecule has 1 fully saturated rings. The van der Waals surface area contributed by atoms with Crippen molar-refractivity contribution in [2.45, 2.75) is 12.8 Å². The van der Waals surface area contributed by atoms with Crippen molar-refractivity contribution in [1.29, 1.82) is 5.41 Å². The second-order valence-electron chi connectivity index (χ2n) is 6.51. The van der Waals surface area contributed by atoms with Crippen molar-refractivity contribution >= 4 is 17.7 Å². The topological polar surface area (TPSA) is 78.5 Å². The summed E-state index contributed by atoms with van der Waals surface area (Å²) in [7, 11) is 0. The molecule has 6 nitrogen and oxygen atoms in total. The molecule has 1 aromatic carbocycles. The van der Waals surface area contributed by atoms with Crippen molar-refractivity contribution in [2.75, 3.05) is 50.0 Å². The molecule has 26 heavy (non-hydrogen) atoms. The van der Waals surface area contributed by atoms with E-state index in [-0.39, 0.29) is 0 Å². The van der Waals surface area contributed by atoms with Crippen molar-refractivity contribution in [3.05, 3.63) is 48.2 Å². The summed E-state index contributed by atoms with van der Waals surface area (Å²) in [5.41, 5.74) is 7.18. The second-order valence-corrected chi connectivity index (χ2v) is 6.51. The summed E-state index contributed by atoms with van der Waals surface area (Å²) in [6, 6.07) is 11.6. The Hall–Kier alpha value is -2.60. The van der Waals surface area contributed by atoms with E-state index in [4.69, 9.17) is 15.9 Å². The molecule has 1 aliphatic rings. The highest BCUT2D eigenvalue weighted by Crippen LogP contribution is 2.19. The summed E-state index contributed by atoms with van der Waals surface area (Å²) in [5.74, 6) is 1.85. The number of rotatable bonds is 8. The summed E-state index contributed by atoms with van der Waals surface area (Å²) in [4.78, 5) is 9.29. The summed E-state index contributed by atoms with van der Waals surface area (Å²) < 4.78 is 5.76. The van der Waals surface area contributed by atoms with Crippen molar-refractivity contribution in [1.82, 2.24) is 9.88 Å². The predicted molar refractivity (Wildman–Crippen MR) is 106 cm³/mol. The average Bonchev–Trinajstić information content (AvgIpc) is 2.69. The van der Waals surface area contributed by atoms with Crippen LogP contribution in [0.5, 0.6) is 5.75 Å².